The SMILES string of the molecule is O=C(CBr)c1cc([N+](=O)[O-])cc(C(F)(F)F)c1Br. The standard InChI is InChI=1S/C9H4Br2F3NO3/c10-3-7(16)5-1-4(15(17)18)2-6(8(5)11)9(12,13)14/h1-2H,3H2. The van der Waals surface area contributed by atoms with E-state index in [-0.39, 0.29) is 10.9 Å². The minimum Gasteiger partial charge on any atom is -0.293 e. The topological polar surface area (TPSA) is 60.2 Å². The van der Waals surface area contributed by atoms with Crippen molar-refractivity contribution in [3.63, 3.8) is 0 Å². The molecule has 18 heavy (non-hydrogen) atoms. The summed E-state index contributed by atoms with van der Waals surface area (Å²) >= 11 is 5.46. The van der Waals surface area contributed by atoms with Crippen LogP contribution >= 0.6 is 31.9 Å². The molecule has 0 saturated carbocycles. The summed E-state index contributed by atoms with van der Waals surface area (Å²) in [6.45, 7) is 0. The smallest absolute Gasteiger partial charge is 0.293 e. The Morgan fingerprint density at radius 3 is 2.33 bits per heavy atom. The monoisotopic (exact) mass is 389 g/mol. The van der Waals surface area contributed by atoms with E-state index in [1.165, 1.54) is 0 Å². The molecule has 0 spiro atoms. The largest absolute Gasteiger partial charge is 0.417 e. The zero-order chi connectivity index (χ0) is 14.1. The van der Waals surface area contributed by atoms with Gasteiger partial charge in [-0.2, -0.15) is 13.2 Å². The van der Waals surface area contributed by atoms with E-state index in [0.717, 1.165) is 6.07 Å². The van der Waals surface area contributed by atoms with Crippen molar-refractivity contribution < 1.29 is 22.9 Å². The van der Waals surface area contributed by atoms with E-state index in [9.17, 15) is 28.1 Å². The van der Waals surface area contributed by atoms with Gasteiger partial charge < -0.3 is 0 Å². The van der Waals surface area contributed by atoms with Gasteiger partial charge in [-0.3, -0.25) is 14.9 Å². The Morgan fingerprint density at radius 1 is 1.39 bits per heavy atom. The summed E-state index contributed by atoms with van der Waals surface area (Å²) in [6, 6.07) is 1.19. The summed E-state index contributed by atoms with van der Waals surface area (Å²) in [4.78, 5) is 21.0. The third-order valence-corrected chi connectivity index (χ3v) is 3.36. The molecule has 0 saturated heterocycles. The second-order valence-electron chi connectivity index (χ2n) is 3.17. The number of benzene rings is 1. The number of nitrogens with zero attached hydrogens (tertiary/aromatic N) is 1. The third kappa shape index (κ3) is 3.08. The second-order valence-corrected chi connectivity index (χ2v) is 4.52. The van der Waals surface area contributed by atoms with Crippen LogP contribution < -0.4 is 0 Å². The van der Waals surface area contributed by atoms with Crippen LogP contribution in [0.3, 0.4) is 0 Å². The molecular weight excluding hydrogens is 387 g/mol. The van der Waals surface area contributed by atoms with Gasteiger partial charge in [-0.25, -0.2) is 0 Å². The van der Waals surface area contributed by atoms with Crippen LogP contribution in [0.2, 0.25) is 0 Å². The van der Waals surface area contributed by atoms with Crippen LogP contribution in [0.1, 0.15) is 15.9 Å². The molecule has 4 nitrogen and oxygen atoms in total. The number of halogens is 5. The van der Waals surface area contributed by atoms with E-state index in [1.54, 1.807) is 0 Å². The number of non-ortho nitro benzene ring substituents is 1. The van der Waals surface area contributed by atoms with Gasteiger partial charge in [-0.15, -0.1) is 0 Å². The molecule has 0 bridgehead atoms. The summed E-state index contributed by atoms with van der Waals surface area (Å²) in [5, 5.41) is 10.3. The van der Waals surface area contributed by atoms with E-state index in [1.807, 2.05) is 0 Å². The van der Waals surface area contributed by atoms with Gasteiger partial charge in [-0.1, -0.05) is 15.9 Å². The lowest BCUT2D eigenvalue weighted by atomic mass is 10.1. The molecule has 0 unspecified atom stereocenters. The molecule has 0 aliphatic rings. The normalized spacial score (nSPS) is 11.4. The van der Waals surface area contributed by atoms with Crippen molar-refractivity contribution in [1.82, 2.24) is 0 Å². The number of alkyl halides is 4. The van der Waals surface area contributed by atoms with Crippen molar-refractivity contribution >= 4 is 43.3 Å². The van der Waals surface area contributed by atoms with Crippen molar-refractivity contribution in [3.8, 4) is 0 Å². The van der Waals surface area contributed by atoms with Crippen LogP contribution in [0, 0.1) is 10.1 Å². The quantitative estimate of drug-likeness (QED) is 0.340. The highest BCUT2D eigenvalue weighted by Gasteiger charge is 2.36. The Kier molecular flexibility index (Phi) is 4.49. The van der Waals surface area contributed by atoms with Gasteiger partial charge in [0.2, 0.25) is 0 Å². The Balaban J connectivity index is 3.58. The number of nitro benzene ring substituents is 1. The maximum Gasteiger partial charge on any atom is 0.417 e. The Morgan fingerprint density at radius 2 is 1.94 bits per heavy atom. The van der Waals surface area contributed by atoms with Crippen molar-refractivity contribution in [2.45, 2.75) is 6.18 Å². The Bertz CT molecular complexity index is 517. The lowest BCUT2D eigenvalue weighted by Gasteiger charge is -2.11. The van der Waals surface area contributed by atoms with Crippen molar-refractivity contribution in [2.75, 3.05) is 5.33 Å². The van der Waals surface area contributed by atoms with Crippen molar-refractivity contribution in [1.29, 1.82) is 0 Å². The fourth-order valence-electron chi connectivity index (χ4n) is 1.20. The lowest BCUT2D eigenvalue weighted by molar-refractivity contribution is -0.385. The van der Waals surface area contributed by atoms with Crippen molar-refractivity contribution in [3.05, 3.63) is 37.8 Å². The molecule has 0 atom stereocenters. The molecule has 0 amide bonds. The first-order valence-corrected chi connectivity index (χ1v) is 6.24. The zero-order valence-electron chi connectivity index (χ0n) is 8.42. The maximum absolute atomic E-state index is 12.7. The molecule has 1 aromatic carbocycles. The highest BCUT2D eigenvalue weighted by molar-refractivity contribution is 9.10. The molecule has 0 N–H and O–H groups in total. The third-order valence-electron chi connectivity index (χ3n) is 2.00. The average Bonchev–Trinajstić information content (AvgIpc) is 2.26. The van der Waals surface area contributed by atoms with Crippen LogP contribution in [-0.4, -0.2) is 16.0 Å². The van der Waals surface area contributed by atoms with E-state index in [2.05, 4.69) is 31.9 Å². The Hall–Kier alpha value is -0.960. The van der Waals surface area contributed by atoms with Gasteiger partial charge in [0, 0.05) is 22.2 Å². The number of carbonyl (C=O) groups excluding carboxylic acids is 1. The van der Waals surface area contributed by atoms with E-state index < -0.39 is 32.6 Å². The molecule has 0 aliphatic heterocycles. The van der Waals surface area contributed by atoms with E-state index in [0.29, 0.717) is 6.07 Å². The molecule has 0 radical (unpaired) electrons. The zero-order valence-corrected chi connectivity index (χ0v) is 11.6. The van der Waals surface area contributed by atoms with Crippen LogP contribution in [0.25, 0.3) is 0 Å². The predicted octanol–water partition coefficient (Wildman–Crippen LogP) is 3.95. The van der Waals surface area contributed by atoms with E-state index in [4.69, 9.17) is 0 Å². The van der Waals surface area contributed by atoms with Gasteiger partial charge in [0.25, 0.3) is 5.69 Å². The average molecular weight is 391 g/mol. The summed E-state index contributed by atoms with van der Waals surface area (Å²) < 4.78 is 37.5. The maximum atomic E-state index is 12.7. The summed E-state index contributed by atoms with van der Waals surface area (Å²) in [6.07, 6.45) is -4.79. The molecule has 0 aliphatic carbocycles. The first-order chi connectivity index (χ1) is 8.18. The molecule has 1 aromatic rings. The molecular formula is C9H4Br2F3NO3. The number of ketones is 1. The van der Waals surface area contributed by atoms with Crippen molar-refractivity contribution in [2.24, 2.45) is 0 Å². The summed E-state index contributed by atoms with van der Waals surface area (Å²) in [7, 11) is 0. The molecule has 0 fully saturated rings. The highest BCUT2D eigenvalue weighted by atomic mass is 79.9. The van der Waals surface area contributed by atoms with Gasteiger partial charge in [0.15, 0.2) is 5.78 Å². The minimum absolute atomic E-state index is 0.232. The van der Waals surface area contributed by atoms with Gasteiger partial charge in [-0.05, 0) is 15.9 Å². The second kappa shape index (κ2) is 5.35. The van der Waals surface area contributed by atoms with Gasteiger partial charge >= 0.3 is 6.18 Å². The molecule has 98 valence electrons. The van der Waals surface area contributed by atoms with Crippen LogP contribution in [0.5, 0.6) is 0 Å². The fraction of sp³-hybridized carbons (Fsp3) is 0.222. The van der Waals surface area contributed by atoms with E-state index >= 15 is 0 Å². The number of carbonyl (C=O) groups is 1. The lowest BCUT2D eigenvalue weighted by Crippen LogP contribution is -2.11. The minimum atomic E-state index is -4.79. The predicted molar refractivity (Wildman–Crippen MR) is 63.9 cm³/mol. The van der Waals surface area contributed by atoms with Gasteiger partial charge in [0.05, 0.1) is 15.8 Å². The van der Waals surface area contributed by atoms with Crippen LogP contribution in [0.4, 0.5) is 18.9 Å². The molecule has 0 aromatic heterocycles. The Labute approximate surface area is 116 Å². The number of rotatable bonds is 3. The number of nitro groups is 1. The first-order valence-electron chi connectivity index (χ1n) is 4.32. The number of hydrogen-bond donors (Lipinski definition) is 0. The van der Waals surface area contributed by atoms with Crippen LogP contribution in [0.15, 0.2) is 16.6 Å². The number of hydrogen-bond acceptors (Lipinski definition) is 3. The summed E-state index contributed by atoms with van der Waals surface area (Å²) in [5.41, 5.74) is -2.41. The van der Waals surface area contributed by atoms with Crippen LogP contribution in [-0.2, 0) is 6.18 Å². The summed E-state index contributed by atoms with van der Waals surface area (Å²) in [5.74, 6) is -0.684. The fourth-order valence-corrected chi connectivity index (χ4v) is 2.17. The number of Topliss-reactive ketones (excluding diaryl/α,β-unsaturated/α-hetero) is 1. The highest BCUT2D eigenvalue weighted by Crippen LogP contribution is 2.39. The molecule has 1 rings (SSSR count). The van der Waals surface area contributed by atoms with Gasteiger partial charge in [0.1, 0.15) is 0 Å². The first kappa shape index (κ1) is 15.1. The molecule has 9 heteroatoms. The molecule has 0 heterocycles.